The third-order valence-electron chi connectivity index (χ3n) is 3.83. The summed E-state index contributed by atoms with van der Waals surface area (Å²) < 4.78 is 85.2. The molecule has 2 aliphatic heterocycles. The van der Waals surface area contributed by atoms with Crippen LogP contribution < -0.4 is 4.74 Å². The van der Waals surface area contributed by atoms with Crippen LogP contribution in [0, 0.1) is 23.5 Å². The predicted molar refractivity (Wildman–Crippen MR) is 75.5 cm³/mol. The van der Waals surface area contributed by atoms with E-state index in [1.807, 2.05) is 0 Å². The SMILES string of the molecule is COC(=O)OCC1OC2OC(C)(C)OC2C1Oc1c(F)c(F)nc(F)c1F. The van der Waals surface area contributed by atoms with Crippen LogP contribution in [0.1, 0.15) is 13.8 Å². The first kappa shape index (κ1) is 19.6. The van der Waals surface area contributed by atoms with Crippen LogP contribution in [0.15, 0.2) is 0 Å². The Morgan fingerprint density at radius 1 is 1.15 bits per heavy atom. The molecule has 2 aliphatic rings. The Labute approximate surface area is 150 Å². The third kappa shape index (κ3) is 3.77. The van der Waals surface area contributed by atoms with Crippen molar-refractivity contribution < 1.29 is 50.8 Å². The Balaban J connectivity index is 1.87. The van der Waals surface area contributed by atoms with Crippen molar-refractivity contribution in [2.24, 2.45) is 0 Å². The van der Waals surface area contributed by atoms with Crippen molar-refractivity contribution in [2.75, 3.05) is 13.7 Å². The minimum absolute atomic E-state index is 0.462. The van der Waals surface area contributed by atoms with Gasteiger partial charge < -0.3 is 28.4 Å². The maximum Gasteiger partial charge on any atom is 0.508 e. The number of hydrogen-bond acceptors (Lipinski definition) is 8. The molecular formula is C15H15F4NO7. The highest BCUT2D eigenvalue weighted by atomic mass is 19.2. The summed E-state index contributed by atoms with van der Waals surface area (Å²) in [7, 11) is 1.07. The van der Waals surface area contributed by atoms with Gasteiger partial charge in [0.25, 0.3) is 11.9 Å². The highest BCUT2D eigenvalue weighted by Gasteiger charge is 2.57. The molecule has 3 heterocycles. The van der Waals surface area contributed by atoms with E-state index in [0.29, 0.717) is 0 Å². The summed E-state index contributed by atoms with van der Waals surface area (Å²) in [5, 5.41) is 0. The second kappa shape index (κ2) is 7.09. The molecule has 0 radical (unpaired) electrons. The van der Waals surface area contributed by atoms with Crippen LogP contribution >= 0.6 is 0 Å². The van der Waals surface area contributed by atoms with Gasteiger partial charge in [-0.1, -0.05) is 0 Å². The van der Waals surface area contributed by atoms with E-state index in [0.717, 1.165) is 7.11 Å². The predicted octanol–water partition coefficient (Wildman–Crippen LogP) is 2.04. The first-order chi connectivity index (χ1) is 12.6. The fourth-order valence-corrected chi connectivity index (χ4v) is 2.74. The summed E-state index contributed by atoms with van der Waals surface area (Å²) in [6.07, 6.45) is -5.56. The molecule has 12 heteroatoms. The number of rotatable bonds is 4. The third-order valence-corrected chi connectivity index (χ3v) is 3.83. The van der Waals surface area contributed by atoms with Crippen molar-refractivity contribution in [3.05, 3.63) is 23.5 Å². The van der Waals surface area contributed by atoms with E-state index < -0.39 is 72.4 Å². The molecule has 1 aromatic heterocycles. The number of ether oxygens (including phenoxy) is 6. The van der Waals surface area contributed by atoms with Crippen molar-refractivity contribution >= 4 is 6.16 Å². The van der Waals surface area contributed by atoms with E-state index in [1.54, 1.807) is 13.8 Å². The number of fused-ring (bicyclic) bond motifs is 1. The summed E-state index contributed by atoms with van der Waals surface area (Å²) in [5.74, 6) is -9.88. The van der Waals surface area contributed by atoms with Crippen LogP contribution in [0.3, 0.4) is 0 Å². The zero-order valence-corrected chi connectivity index (χ0v) is 14.3. The second-order valence-electron chi connectivity index (χ2n) is 6.14. The summed E-state index contributed by atoms with van der Waals surface area (Å²) in [6.45, 7) is 2.65. The number of halogens is 4. The summed E-state index contributed by atoms with van der Waals surface area (Å²) >= 11 is 0. The van der Waals surface area contributed by atoms with Gasteiger partial charge in [-0.3, -0.25) is 0 Å². The maximum absolute atomic E-state index is 13.9. The van der Waals surface area contributed by atoms with Gasteiger partial charge in [0, 0.05) is 0 Å². The molecule has 3 rings (SSSR count). The van der Waals surface area contributed by atoms with Gasteiger partial charge >= 0.3 is 6.16 Å². The summed E-state index contributed by atoms with van der Waals surface area (Å²) in [5.41, 5.74) is 0. The summed E-state index contributed by atoms with van der Waals surface area (Å²) in [6, 6.07) is 0. The molecule has 0 aliphatic carbocycles. The Bertz CT molecular complexity index is 721. The molecule has 0 aromatic carbocycles. The molecule has 150 valence electrons. The van der Waals surface area contributed by atoms with Crippen LogP contribution in [0.25, 0.3) is 0 Å². The number of methoxy groups -OCH3 is 1. The number of nitrogens with zero attached hydrogens (tertiary/aromatic N) is 1. The lowest BCUT2D eigenvalue weighted by molar-refractivity contribution is -0.217. The molecule has 0 saturated carbocycles. The normalized spacial score (nSPS) is 28.7. The van der Waals surface area contributed by atoms with E-state index >= 15 is 0 Å². The minimum Gasteiger partial charge on any atom is -0.478 e. The van der Waals surface area contributed by atoms with Gasteiger partial charge in [0.2, 0.25) is 17.4 Å². The fourth-order valence-electron chi connectivity index (χ4n) is 2.74. The zero-order valence-electron chi connectivity index (χ0n) is 14.3. The standard InChI is InChI=1S/C15H15F4NO7/c1-15(2)26-10-8(5(24-13(10)27-15)4-23-14(21)22-3)25-9-6(16)11(18)20-12(19)7(9)17/h5,8,10,13H,4H2,1-3H3. The molecule has 1 aromatic rings. The Morgan fingerprint density at radius 2 is 1.78 bits per heavy atom. The second-order valence-corrected chi connectivity index (χ2v) is 6.14. The number of carbonyl (C=O) groups is 1. The van der Waals surface area contributed by atoms with E-state index in [-0.39, 0.29) is 0 Å². The monoisotopic (exact) mass is 397 g/mol. The quantitative estimate of drug-likeness (QED) is 0.434. The van der Waals surface area contributed by atoms with Crippen LogP contribution in [0.2, 0.25) is 0 Å². The van der Waals surface area contributed by atoms with E-state index in [1.165, 1.54) is 0 Å². The van der Waals surface area contributed by atoms with E-state index in [9.17, 15) is 22.4 Å². The van der Waals surface area contributed by atoms with Gasteiger partial charge in [0.15, 0.2) is 24.3 Å². The lowest BCUT2D eigenvalue weighted by Gasteiger charge is -2.26. The zero-order chi connectivity index (χ0) is 19.9. The Kier molecular flexibility index (Phi) is 5.14. The molecule has 4 unspecified atom stereocenters. The highest BCUT2D eigenvalue weighted by Crippen LogP contribution is 2.40. The first-order valence-corrected chi connectivity index (χ1v) is 7.71. The molecule has 4 atom stereocenters. The number of pyridine rings is 1. The van der Waals surface area contributed by atoms with Crippen molar-refractivity contribution in [1.82, 2.24) is 4.98 Å². The van der Waals surface area contributed by atoms with E-state index in [2.05, 4.69) is 9.72 Å². The molecule has 0 spiro atoms. The molecule has 2 fully saturated rings. The molecule has 2 saturated heterocycles. The van der Waals surface area contributed by atoms with Crippen LogP contribution in [0.4, 0.5) is 22.4 Å². The maximum atomic E-state index is 13.9. The van der Waals surface area contributed by atoms with Crippen molar-refractivity contribution in [3.63, 3.8) is 0 Å². The van der Waals surface area contributed by atoms with Gasteiger partial charge in [0.05, 0.1) is 7.11 Å². The van der Waals surface area contributed by atoms with Gasteiger partial charge in [0.1, 0.15) is 12.7 Å². The first-order valence-electron chi connectivity index (χ1n) is 7.71. The molecule has 27 heavy (non-hydrogen) atoms. The Morgan fingerprint density at radius 3 is 2.37 bits per heavy atom. The van der Waals surface area contributed by atoms with Gasteiger partial charge in [-0.15, -0.1) is 0 Å². The molecule has 0 bridgehead atoms. The topological polar surface area (TPSA) is 85.3 Å². The van der Waals surface area contributed by atoms with E-state index in [4.69, 9.17) is 23.7 Å². The van der Waals surface area contributed by atoms with Crippen LogP contribution in [-0.2, 0) is 23.7 Å². The molecule has 0 N–H and O–H groups in total. The smallest absolute Gasteiger partial charge is 0.478 e. The highest BCUT2D eigenvalue weighted by molar-refractivity contribution is 5.59. The lowest BCUT2D eigenvalue weighted by atomic mass is 10.1. The van der Waals surface area contributed by atoms with Crippen molar-refractivity contribution in [2.45, 2.75) is 44.2 Å². The number of hydrogen-bond donors (Lipinski definition) is 0. The lowest BCUT2D eigenvalue weighted by Crippen LogP contribution is -2.42. The minimum atomic E-state index is -1.88. The number of aromatic nitrogens is 1. The summed E-state index contributed by atoms with van der Waals surface area (Å²) in [4.78, 5) is 13.6. The van der Waals surface area contributed by atoms with Crippen molar-refractivity contribution in [1.29, 1.82) is 0 Å². The van der Waals surface area contributed by atoms with Crippen molar-refractivity contribution in [3.8, 4) is 5.75 Å². The molecular weight excluding hydrogens is 382 g/mol. The number of carbonyl (C=O) groups excluding carboxylic acids is 1. The average Bonchev–Trinajstić information content (AvgIpc) is 3.06. The van der Waals surface area contributed by atoms with Crippen LogP contribution in [0.5, 0.6) is 5.75 Å². The fraction of sp³-hybridized carbons (Fsp3) is 0.600. The van der Waals surface area contributed by atoms with Gasteiger partial charge in [-0.05, 0) is 13.8 Å². The van der Waals surface area contributed by atoms with Gasteiger partial charge in [-0.25, -0.2) is 4.79 Å². The Hall–Kier alpha value is -2.18. The average molecular weight is 397 g/mol. The largest absolute Gasteiger partial charge is 0.508 e. The molecule has 0 amide bonds. The molecule has 8 nitrogen and oxygen atoms in total. The van der Waals surface area contributed by atoms with Gasteiger partial charge in [-0.2, -0.15) is 22.5 Å². The van der Waals surface area contributed by atoms with Crippen LogP contribution in [-0.4, -0.2) is 55.2 Å².